The predicted molar refractivity (Wildman–Crippen MR) is 120 cm³/mol. The van der Waals surface area contributed by atoms with E-state index in [1.165, 1.54) is 28.7 Å². The molecule has 1 aliphatic rings. The maximum Gasteiger partial charge on any atom is 0.280 e. The molecule has 1 saturated heterocycles. The van der Waals surface area contributed by atoms with Crippen LogP contribution in [0.3, 0.4) is 0 Å². The first-order valence-electron chi connectivity index (χ1n) is 9.93. The van der Waals surface area contributed by atoms with E-state index in [0.717, 1.165) is 49.0 Å². The van der Waals surface area contributed by atoms with Crippen LogP contribution in [0, 0.1) is 11.6 Å². The number of nitrogens with one attached hydrogen (secondary N) is 1. The lowest BCUT2D eigenvalue weighted by Gasteiger charge is -2.34. The number of rotatable bonds is 5. The number of carbonyl (C=O) groups is 1. The van der Waals surface area contributed by atoms with Gasteiger partial charge in [0.2, 0.25) is 0 Å². The lowest BCUT2D eigenvalue weighted by Crippen LogP contribution is -2.48. The van der Waals surface area contributed by atoms with E-state index < -0.39 is 11.6 Å². The van der Waals surface area contributed by atoms with Crippen LogP contribution in [0.15, 0.2) is 36.4 Å². The van der Waals surface area contributed by atoms with Gasteiger partial charge in [0, 0.05) is 45.3 Å². The first-order chi connectivity index (χ1) is 15.1. The zero-order chi connectivity index (χ0) is 21.4. The van der Waals surface area contributed by atoms with Gasteiger partial charge in [-0.25, -0.2) is 18.7 Å². The quantitative estimate of drug-likeness (QED) is 0.493. The number of anilines is 1. The van der Waals surface area contributed by atoms with Gasteiger partial charge in [0.05, 0.1) is 14.9 Å². The molecule has 3 heterocycles. The summed E-state index contributed by atoms with van der Waals surface area (Å²) in [5, 5.41) is 4.13. The van der Waals surface area contributed by atoms with E-state index in [0.29, 0.717) is 21.4 Å². The topological polar surface area (TPSA) is 61.4 Å². The number of benzene rings is 2. The molecule has 0 unspecified atom stereocenters. The number of halogens is 2. The first-order valence-corrected chi connectivity index (χ1v) is 11.6. The molecule has 1 N–H and O–H groups in total. The fourth-order valence-corrected chi connectivity index (χ4v) is 5.55. The minimum absolute atomic E-state index is 0.149. The van der Waals surface area contributed by atoms with Crippen LogP contribution in [0.4, 0.5) is 13.9 Å². The molecule has 2 aromatic carbocycles. The van der Waals surface area contributed by atoms with Gasteiger partial charge in [-0.2, -0.15) is 0 Å². The Balaban J connectivity index is 1.12. The second kappa shape index (κ2) is 8.45. The Morgan fingerprint density at radius 2 is 1.84 bits per heavy atom. The summed E-state index contributed by atoms with van der Waals surface area (Å²) < 4.78 is 28.9. The zero-order valence-corrected chi connectivity index (χ0v) is 18.1. The molecule has 6 nitrogen and oxygen atoms in total. The number of carbonyl (C=O) groups excluding carboxylic acids is 1. The van der Waals surface area contributed by atoms with Gasteiger partial charge in [0.25, 0.3) is 5.91 Å². The lowest BCUT2D eigenvalue weighted by atomic mass is 10.3. The maximum absolute atomic E-state index is 13.9. The standard InChI is InChI=1S/C21H19F2N5OS2/c22-13-11-14(23)18-17(12-13)31-21(26-18)28-9-7-27(8-10-28)6-5-24-19(29)20-25-15-3-1-2-4-16(15)30-20/h1-4,11-12H,5-10H2,(H,24,29). The van der Waals surface area contributed by atoms with Crippen molar-refractivity contribution in [3.05, 3.63) is 53.0 Å². The van der Waals surface area contributed by atoms with E-state index in [-0.39, 0.29) is 11.4 Å². The molecule has 2 aromatic heterocycles. The van der Waals surface area contributed by atoms with Crippen molar-refractivity contribution >= 4 is 54.1 Å². The highest BCUT2D eigenvalue weighted by molar-refractivity contribution is 7.22. The van der Waals surface area contributed by atoms with Crippen molar-refractivity contribution in [1.29, 1.82) is 0 Å². The highest BCUT2D eigenvalue weighted by Crippen LogP contribution is 2.31. The summed E-state index contributed by atoms with van der Waals surface area (Å²) in [6.45, 7) is 4.39. The number of hydrogen-bond donors (Lipinski definition) is 1. The number of hydrogen-bond acceptors (Lipinski definition) is 7. The zero-order valence-electron chi connectivity index (χ0n) is 16.5. The van der Waals surface area contributed by atoms with E-state index in [2.05, 4.69) is 25.1 Å². The Bertz CT molecular complexity index is 1220. The Hall–Kier alpha value is -2.69. The van der Waals surface area contributed by atoms with Gasteiger partial charge in [-0.15, -0.1) is 11.3 Å². The Morgan fingerprint density at radius 1 is 1.03 bits per heavy atom. The van der Waals surface area contributed by atoms with E-state index in [4.69, 9.17) is 0 Å². The SMILES string of the molecule is O=C(NCCN1CCN(c2nc3c(F)cc(F)cc3s2)CC1)c1nc2ccccc2s1. The average Bonchev–Trinajstić information content (AvgIpc) is 3.38. The largest absolute Gasteiger partial charge is 0.349 e. The first kappa shape index (κ1) is 20.2. The van der Waals surface area contributed by atoms with E-state index in [9.17, 15) is 13.6 Å². The van der Waals surface area contributed by atoms with Crippen molar-refractivity contribution in [3.8, 4) is 0 Å². The number of nitrogens with zero attached hydrogens (tertiary/aromatic N) is 4. The fourth-order valence-electron chi connectivity index (χ4n) is 3.62. The van der Waals surface area contributed by atoms with Crippen LogP contribution in [-0.2, 0) is 0 Å². The van der Waals surface area contributed by atoms with Crippen LogP contribution >= 0.6 is 22.7 Å². The van der Waals surface area contributed by atoms with Crippen molar-refractivity contribution in [1.82, 2.24) is 20.2 Å². The number of piperazine rings is 1. The minimum Gasteiger partial charge on any atom is -0.349 e. The maximum atomic E-state index is 13.9. The van der Waals surface area contributed by atoms with E-state index in [1.807, 2.05) is 24.3 Å². The van der Waals surface area contributed by atoms with Crippen molar-refractivity contribution in [2.45, 2.75) is 0 Å². The summed E-state index contributed by atoms with van der Waals surface area (Å²) in [5.74, 6) is -1.36. The second-order valence-corrected chi connectivity index (χ2v) is 9.34. The normalized spacial score (nSPS) is 15.1. The summed E-state index contributed by atoms with van der Waals surface area (Å²) in [6, 6.07) is 9.89. The van der Waals surface area contributed by atoms with E-state index in [1.54, 1.807) is 0 Å². The van der Waals surface area contributed by atoms with Crippen molar-refractivity contribution < 1.29 is 13.6 Å². The van der Waals surface area contributed by atoms with E-state index >= 15 is 0 Å². The molecule has 4 aromatic rings. The molecule has 31 heavy (non-hydrogen) atoms. The molecule has 5 rings (SSSR count). The van der Waals surface area contributed by atoms with Gasteiger partial charge in [-0.05, 0) is 18.2 Å². The van der Waals surface area contributed by atoms with Gasteiger partial charge < -0.3 is 10.2 Å². The third kappa shape index (κ3) is 4.23. The minimum atomic E-state index is -0.625. The Morgan fingerprint density at radius 3 is 2.65 bits per heavy atom. The smallest absolute Gasteiger partial charge is 0.280 e. The molecular formula is C21H19F2N5OS2. The summed E-state index contributed by atoms with van der Waals surface area (Å²) in [6.07, 6.45) is 0. The van der Waals surface area contributed by atoms with Crippen LogP contribution in [-0.4, -0.2) is 60.0 Å². The van der Waals surface area contributed by atoms with Crippen LogP contribution in [0.25, 0.3) is 20.4 Å². The molecule has 0 radical (unpaired) electrons. The fraction of sp³-hybridized carbons (Fsp3) is 0.286. The van der Waals surface area contributed by atoms with Gasteiger partial charge in [0.1, 0.15) is 11.3 Å². The Labute approximate surface area is 185 Å². The molecule has 1 aliphatic heterocycles. The Kier molecular flexibility index (Phi) is 5.51. The molecule has 0 bridgehead atoms. The van der Waals surface area contributed by atoms with Crippen LogP contribution in [0.2, 0.25) is 0 Å². The van der Waals surface area contributed by atoms with Crippen LogP contribution in [0.1, 0.15) is 9.80 Å². The van der Waals surface area contributed by atoms with Crippen molar-refractivity contribution in [3.63, 3.8) is 0 Å². The molecular weight excluding hydrogens is 440 g/mol. The van der Waals surface area contributed by atoms with Gasteiger partial charge in [-0.1, -0.05) is 23.5 Å². The number of fused-ring (bicyclic) bond motifs is 2. The summed E-state index contributed by atoms with van der Waals surface area (Å²) >= 11 is 2.70. The summed E-state index contributed by atoms with van der Waals surface area (Å²) in [7, 11) is 0. The van der Waals surface area contributed by atoms with Gasteiger partial charge in [0.15, 0.2) is 16.0 Å². The number of amides is 1. The van der Waals surface area contributed by atoms with Crippen molar-refractivity contribution in [2.24, 2.45) is 0 Å². The van der Waals surface area contributed by atoms with Gasteiger partial charge in [-0.3, -0.25) is 9.69 Å². The third-order valence-corrected chi connectivity index (χ3v) is 7.34. The highest BCUT2D eigenvalue weighted by Gasteiger charge is 2.21. The summed E-state index contributed by atoms with van der Waals surface area (Å²) in [4.78, 5) is 25.5. The summed E-state index contributed by atoms with van der Waals surface area (Å²) in [5.41, 5.74) is 1.06. The molecule has 1 fully saturated rings. The van der Waals surface area contributed by atoms with Crippen LogP contribution in [0.5, 0.6) is 0 Å². The second-order valence-electron chi connectivity index (χ2n) is 7.30. The lowest BCUT2D eigenvalue weighted by molar-refractivity contribution is 0.0947. The highest BCUT2D eigenvalue weighted by atomic mass is 32.1. The molecule has 10 heteroatoms. The average molecular weight is 460 g/mol. The van der Waals surface area contributed by atoms with Gasteiger partial charge >= 0.3 is 0 Å². The number of para-hydroxylation sites is 1. The molecule has 160 valence electrons. The monoisotopic (exact) mass is 459 g/mol. The third-order valence-electron chi connectivity index (χ3n) is 5.25. The molecule has 0 spiro atoms. The molecule has 0 saturated carbocycles. The number of aromatic nitrogens is 2. The predicted octanol–water partition coefficient (Wildman–Crippen LogP) is 3.74. The number of thiazole rings is 2. The van der Waals surface area contributed by atoms with Crippen molar-refractivity contribution in [2.75, 3.05) is 44.2 Å². The molecule has 0 aliphatic carbocycles. The molecule has 1 amide bonds. The molecule has 0 atom stereocenters. The van der Waals surface area contributed by atoms with Crippen LogP contribution < -0.4 is 10.2 Å².